The topological polar surface area (TPSA) is 21.3 Å². The molecule has 0 aromatic heterocycles. The summed E-state index contributed by atoms with van der Waals surface area (Å²) < 4.78 is 19.0. The maximum atomic E-state index is 14.0. The zero-order valence-electron chi connectivity index (χ0n) is 10.2. The molecule has 4 heteroatoms. The fraction of sp³-hybridized carbons (Fsp3) is 0.538. The molecule has 1 aliphatic rings. The lowest BCUT2D eigenvalue weighted by Crippen LogP contribution is -2.26. The highest BCUT2D eigenvalue weighted by atomic mass is 32.2. The van der Waals surface area contributed by atoms with Crippen molar-refractivity contribution < 1.29 is 9.13 Å². The fourth-order valence-corrected chi connectivity index (χ4v) is 3.65. The highest BCUT2D eigenvalue weighted by Gasteiger charge is 2.27. The molecule has 0 saturated carbocycles. The van der Waals surface area contributed by atoms with Crippen LogP contribution in [0, 0.1) is 11.7 Å². The molecule has 17 heavy (non-hydrogen) atoms. The van der Waals surface area contributed by atoms with Gasteiger partial charge in [-0.1, -0.05) is 6.07 Å². The average Bonchev–Trinajstić information content (AvgIpc) is 2.85. The maximum Gasteiger partial charge on any atom is 0.131 e. The molecule has 1 saturated heterocycles. The van der Waals surface area contributed by atoms with E-state index in [4.69, 9.17) is 4.74 Å². The Morgan fingerprint density at radius 3 is 2.88 bits per heavy atom. The van der Waals surface area contributed by atoms with Gasteiger partial charge in [-0.3, -0.25) is 0 Å². The number of ether oxygens (including phenoxy) is 1. The Bertz CT molecular complexity index is 380. The van der Waals surface area contributed by atoms with Crippen LogP contribution in [0.25, 0.3) is 0 Å². The van der Waals surface area contributed by atoms with Crippen molar-refractivity contribution in [3.05, 3.63) is 29.6 Å². The zero-order chi connectivity index (χ0) is 12.3. The van der Waals surface area contributed by atoms with Gasteiger partial charge < -0.3 is 10.1 Å². The summed E-state index contributed by atoms with van der Waals surface area (Å²) in [6, 6.07) is 5.22. The van der Waals surface area contributed by atoms with Crippen LogP contribution in [0.2, 0.25) is 0 Å². The van der Waals surface area contributed by atoms with Crippen molar-refractivity contribution in [1.82, 2.24) is 5.32 Å². The van der Waals surface area contributed by atoms with E-state index in [2.05, 4.69) is 5.32 Å². The summed E-state index contributed by atoms with van der Waals surface area (Å²) >= 11 is 1.95. The fourth-order valence-electron chi connectivity index (χ4n) is 2.35. The van der Waals surface area contributed by atoms with Crippen LogP contribution in [-0.2, 0) is 0 Å². The maximum absolute atomic E-state index is 14.0. The summed E-state index contributed by atoms with van der Waals surface area (Å²) in [4.78, 5) is 0. The van der Waals surface area contributed by atoms with E-state index in [9.17, 15) is 4.39 Å². The van der Waals surface area contributed by atoms with E-state index in [-0.39, 0.29) is 11.9 Å². The number of rotatable bonds is 4. The van der Waals surface area contributed by atoms with Crippen LogP contribution in [0.4, 0.5) is 4.39 Å². The molecule has 0 bridgehead atoms. The van der Waals surface area contributed by atoms with Crippen LogP contribution in [0.3, 0.4) is 0 Å². The summed E-state index contributed by atoms with van der Waals surface area (Å²) in [7, 11) is 3.45. The van der Waals surface area contributed by atoms with Gasteiger partial charge in [0, 0.05) is 17.7 Å². The molecule has 2 atom stereocenters. The van der Waals surface area contributed by atoms with Crippen molar-refractivity contribution in [3.8, 4) is 5.75 Å². The Balaban J connectivity index is 2.23. The summed E-state index contributed by atoms with van der Waals surface area (Å²) in [5.74, 6) is 3.20. The Labute approximate surface area is 106 Å². The molecule has 0 aliphatic carbocycles. The summed E-state index contributed by atoms with van der Waals surface area (Å²) in [6.45, 7) is 0. The second-order valence-electron chi connectivity index (χ2n) is 4.28. The SMILES string of the molecule is CNC(c1ccc(OC)cc1F)C1CCSC1. The Morgan fingerprint density at radius 2 is 2.35 bits per heavy atom. The van der Waals surface area contributed by atoms with Gasteiger partial charge in [0.15, 0.2) is 0 Å². The van der Waals surface area contributed by atoms with E-state index < -0.39 is 0 Å². The first-order chi connectivity index (χ1) is 8.26. The standard InChI is InChI=1S/C13H18FNOS/c1-15-13(9-5-6-17-8-9)11-4-3-10(16-2)7-12(11)14/h3-4,7,9,13,15H,5-6,8H2,1-2H3. The number of nitrogens with one attached hydrogen (secondary N) is 1. The minimum atomic E-state index is -0.180. The molecular weight excluding hydrogens is 237 g/mol. The lowest BCUT2D eigenvalue weighted by molar-refractivity contribution is 0.393. The van der Waals surface area contributed by atoms with Gasteiger partial charge in [0.2, 0.25) is 0 Å². The second kappa shape index (κ2) is 5.74. The third-order valence-electron chi connectivity index (χ3n) is 3.29. The van der Waals surface area contributed by atoms with Gasteiger partial charge in [-0.2, -0.15) is 11.8 Å². The van der Waals surface area contributed by atoms with Gasteiger partial charge in [-0.15, -0.1) is 0 Å². The number of hydrogen-bond donors (Lipinski definition) is 1. The smallest absolute Gasteiger partial charge is 0.131 e. The average molecular weight is 255 g/mol. The molecule has 2 nitrogen and oxygen atoms in total. The van der Waals surface area contributed by atoms with Gasteiger partial charge in [0.1, 0.15) is 11.6 Å². The summed E-state index contributed by atoms with van der Waals surface area (Å²) in [5, 5.41) is 3.24. The van der Waals surface area contributed by atoms with Gasteiger partial charge in [-0.25, -0.2) is 4.39 Å². The Hall–Kier alpha value is -0.740. The third kappa shape index (κ3) is 2.75. The van der Waals surface area contributed by atoms with E-state index in [0.29, 0.717) is 11.7 Å². The Morgan fingerprint density at radius 1 is 1.53 bits per heavy atom. The molecule has 94 valence electrons. The minimum absolute atomic E-state index is 0.107. The first kappa shape index (κ1) is 12.7. The quantitative estimate of drug-likeness (QED) is 0.894. The zero-order valence-corrected chi connectivity index (χ0v) is 11.0. The molecule has 1 N–H and O–H groups in total. The molecule has 0 amide bonds. The number of hydrogen-bond acceptors (Lipinski definition) is 3. The predicted molar refractivity (Wildman–Crippen MR) is 70.2 cm³/mol. The first-order valence-corrected chi connectivity index (χ1v) is 7.00. The van der Waals surface area contributed by atoms with Crippen molar-refractivity contribution >= 4 is 11.8 Å². The molecule has 0 spiro atoms. The van der Waals surface area contributed by atoms with E-state index in [1.807, 2.05) is 30.9 Å². The summed E-state index contributed by atoms with van der Waals surface area (Å²) in [5.41, 5.74) is 0.751. The molecule has 1 aliphatic heterocycles. The number of methoxy groups -OCH3 is 1. The van der Waals surface area contributed by atoms with Gasteiger partial charge >= 0.3 is 0 Å². The van der Waals surface area contributed by atoms with Gasteiger partial charge in [0.25, 0.3) is 0 Å². The first-order valence-electron chi connectivity index (χ1n) is 5.84. The third-order valence-corrected chi connectivity index (χ3v) is 4.48. The summed E-state index contributed by atoms with van der Waals surface area (Å²) in [6.07, 6.45) is 1.15. The van der Waals surface area contributed by atoms with Gasteiger partial charge in [0.05, 0.1) is 7.11 Å². The molecule has 1 aromatic carbocycles. The predicted octanol–water partition coefficient (Wildman–Crippen LogP) is 2.85. The molecular formula is C13H18FNOS. The van der Waals surface area contributed by atoms with Crippen LogP contribution in [0.5, 0.6) is 5.75 Å². The van der Waals surface area contributed by atoms with Crippen LogP contribution in [0.1, 0.15) is 18.0 Å². The van der Waals surface area contributed by atoms with Crippen molar-refractivity contribution in [2.24, 2.45) is 5.92 Å². The highest BCUT2D eigenvalue weighted by Crippen LogP contribution is 2.35. The van der Waals surface area contributed by atoms with Crippen LogP contribution in [-0.4, -0.2) is 25.7 Å². The highest BCUT2D eigenvalue weighted by molar-refractivity contribution is 7.99. The van der Waals surface area contributed by atoms with Crippen molar-refractivity contribution in [2.45, 2.75) is 12.5 Å². The molecule has 1 aromatic rings. The Kier molecular flexibility index (Phi) is 4.29. The van der Waals surface area contributed by atoms with Crippen LogP contribution < -0.4 is 10.1 Å². The molecule has 1 heterocycles. The van der Waals surface area contributed by atoms with E-state index >= 15 is 0 Å². The number of benzene rings is 1. The second-order valence-corrected chi connectivity index (χ2v) is 5.43. The largest absolute Gasteiger partial charge is 0.497 e. The van der Waals surface area contributed by atoms with E-state index in [0.717, 1.165) is 17.7 Å². The van der Waals surface area contributed by atoms with Crippen molar-refractivity contribution in [2.75, 3.05) is 25.7 Å². The van der Waals surface area contributed by atoms with E-state index in [1.54, 1.807) is 7.11 Å². The monoisotopic (exact) mass is 255 g/mol. The minimum Gasteiger partial charge on any atom is -0.497 e. The molecule has 2 rings (SSSR count). The number of thioether (sulfide) groups is 1. The van der Waals surface area contributed by atoms with E-state index in [1.165, 1.54) is 11.8 Å². The van der Waals surface area contributed by atoms with Crippen molar-refractivity contribution in [1.29, 1.82) is 0 Å². The molecule has 1 fully saturated rings. The molecule has 0 radical (unpaired) electrons. The normalized spacial score (nSPS) is 21.5. The molecule has 2 unspecified atom stereocenters. The lowest BCUT2D eigenvalue weighted by Gasteiger charge is -2.23. The van der Waals surface area contributed by atoms with Crippen LogP contribution in [0.15, 0.2) is 18.2 Å². The lowest BCUT2D eigenvalue weighted by atomic mass is 9.92. The van der Waals surface area contributed by atoms with Crippen LogP contribution >= 0.6 is 11.8 Å². The number of halogens is 1. The van der Waals surface area contributed by atoms with Crippen molar-refractivity contribution in [3.63, 3.8) is 0 Å². The van der Waals surface area contributed by atoms with Gasteiger partial charge in [-0.05, 0) is 37.0 Å².